The maximum absolute atomic E-state index is 13.1. The van der Waals surface area contributed by atoms with Gasteiger partial charge in [0, 0.05) is 18.0 Å². The van der Waals surface area contributed by atoms with Gasteiger partial charge in [0.05, 0.1) is 0 Å². The fourth-order valence-electron chi connectivity index (χ4n) is 2.91. The minimum Gasteiger partial charge on any atom is -0.330 e. The molecule has 0 radical (unpaired) electrons. The predicted octanol–water partition coefficient (Wildman–Crippen LogP) is 3.97. The van der Waals surface area contributed by atoms with Gasteiger partial charge in [-0.2, -0.15) is 0 Å². The van der Waals surface area contributed by atoms with E-state index in [1.165, 1.54) is 0 Å². The zero-order valence-electron chi connectivity index (χ0n) is 14.5. The standard InChI is InChI=1S/C21H22N2O2/c1-3-15(2)23(14-16-9-5-4-6-10-16)21(25)19-13-17-11-7-8-12-18(17)20(24)22-19/h4-13,15H,3,14H2,1-2H3,(H,22,24). The summed E-state index contributed by atoms with van der Waals surface area (Å²) < 4.78 is 0. The van der Waals surface area contributed by atoms with E-state index < -0.39 is 0 Å². The summed E-state index contributed by atoms with van der Waals surface area (Å²) in [6.45, 7) is 4.60. The molecule has 1 heterocycles. The zero-order valence-corrected chi connectivity index (χ0v) is 14.5. The number of carbonyl (C=O) groups is 1. The summed E-state index contributed by atoms with van der Waals surface area (Å²) >= 11 is 0. The minimum absolute atomic E-state index is 0.0719. The Labute approximate surface area is 147 Å². The van der Waals surface area contributed by atoms with Gasteiger partial charge in [-0.15, -0.1) is 0 Å². The Balaban J connectivity index is 1.98. The summed E-state index contributed by atoms with van der Waals surface area (Å²) in [6, 6.07) is 19.0. The lowest BCUT2D eigenvalue weighted by Gasteiger charge is -2.28. The molecule has 0 bridgehead atoms. The highest BCUT2D eigenvalue weighted by molar-refractivity contribution is 5.96. The number of nitrogens with one attached hydrogen (secondary N) is 1. The second-order valence-electron chi connectivity index (χ2n) is 6.28. The third-order valence-corrected chi connectivity index (χ3v) is 4.56. The molecule has 3 aromatic rings. The molecule has 0 aliphatic heterocycles. The Morgan fingerprint density at radius 2 is 1.76 bits per heavy atom. The van der Waals surface area contributed by atoms with Crippen molar-refractivity contribution in [2.24, 2.45) is 0 Å². The Kier molecular flexibility index (Phi) is 4.98. The molecule has 0 fully saturated rings. The summed E-state index contributed by atoms with van der Waals surface area (Å²) in [6.07, 6.45) is 0.844. The van der Waals surface area contributed by atoms with E-state index in [1.54, 1.807) is 12.1 Å². The molecule has 0 spiro atoms. The number of nitrogens with zero attached hydrogens (tertiary/aromatic N) is 1. The summed E-state index contributed by atoms with van der Waals surface area (Å²) in [5.41, 5.74) is 1.17. The first-order chi connectivity index (χ1) is 12.1. The molecule has 1 aromatic heterocycles. The normalized spacial score (nSPS) is 12.1. The fourth-order valence-corrected chi connectivity index (χ4v) is 2.91. The zero-order chi connectivity index (χ0) is 17.8. The van der Waals surface area contributed by atoms with Crippen LogP contribution in [0.25, 0.3) is 10.8 Å². The molecular formula is C21H22N2O2. The van der Waals surface area contributed by atoms with E-state index in [0.717, 1.165) is 17.4 Å². The SMILES string of the molecule is CCC(C)N(Cc1ccccc1)C(=O)c1cc2ccccc2c(=O)[nH]1. The van der Waals surface area contributed by atoms with E-state index in [9.17, 15) is 9.59 Å². The van der Waals surface area contributed by atoms with Crippen molar-refractivity contribution in [1.82, 2.24) is 9.88 Å². The van der Waals surface area contributed by atoms with Gasteiger partial charge < -0.3 is 9.88 Å². The number of amides is 1. The molecule has 0 saturated heterocycles. The number of pyridine rings is 1. The number of H-pyrrole nitrogens is 1. The third kappa shape index (κ3) is 3.63. The van der Waals surface area contributed by atoms with Crippen LogP contribution in [-0.4, -0.2) is 21.8 Å². The number of rotatable bonds is 5. The van der Waals surface area contributed by atoms with E-state index in [1.807, 2.05) is 60.4 Å². The van der Waals surface area contributed by atoms with Gasteiger partial charge in [-0.1, -0.05) is 55.5 Å². The van der Waals surface area contributed by atoms with Gasteiger partial charge >= 0.3 is 0 Å². The van der Waals surface area contributed by atoms with Crippen molar-refractivity contribution in [3.8, 4) is 0 Å². The topological polar surface area (TPSA) is 53.2 Å². The number of hydrogen-bond acceptors (Lipinski definition) is 2. The first-order valence-electron chi connectivity index (χ1n) is 8.57. The van der Waals surface area contributed by atoms with Gasteiger partial charge in [0.15, 0.2) is 0 Å². The van der Waals surface area contributed by atoms with Crippen LogP contribution in [0.3, 0.4) is 0 Å². The smallest absolute Gasteiger partial charge is 0.270 e. The van der Waals surface area contributed by atoms with Crippen LogP contribution in [0.2, 0.25) is 0 Å². The number of fused-ring (bicyclic) bond motifs is 1. The number of aromatic nitrogens is 1. The summed E-state index contributed by atoms with van der Waals surface area (Å²) in [5.74, 6) is -0.152. The predicted molar refractivity (Wildman–Crippen MR) is 101 cm³/mol. The molecule has 0 aliphatic rings. The van der Waals surface area contributed by atoms with E-state index in [0.29, 0.717) is 17.6 Å². The Morgan fingerprint density at radius 3 is 2.48 bits per heavy atom. The van der Waals surface area contributed by atoms with Crippen molar-refractivity contribution in [3.05, 3.63) is 82.3 Å². The molecule has 0 aliphatic carbocycles. The number of benzene rings is 2. The first kappa shape index (κ1) is 17.0. The van der Waals surface area contributed by atoms with Crippen molar-refractivity contribution in [3.63, 3.8) is 0 Å². The Morgan fingerprint density at radius 1 is 1.08 bits per heavy atom. The molecule has 3 rings (SSSR count). The molecule has 2 aromatic carbocycles. The quantitative estimate of drug-likeness (QED) is 0.767. The van der Waals surface area contributed by atoms with Gasteiger partial charge in [0.25, 0.3) is 11.5 Å². The lowest BCUT2D eigenvalue weighted by molar-refractivity contribution is 0.0665. The molecular weight excluding hydrogens is 312 g/mol. The molecule has 128 valence electrons. The van der Waals surface area contributed by atoms with Crippen LogP contribution in [0.5, 0.6) is 0 Å². The maximum Gasteiger partial charge on any atom is 0.270 e. The minimum atomic E-state index is -0.231. The summed E-state index contributed by atoms with van der Waals surface area (Å²) in [5, 5.41) is 1.37. The van der Waals surface area contributed by atoms with Crippen molar-refractivity contribution in [2.75, 3.05) is 0 Å². The second-order valence-corrected chi connectivity index (χ2v) is 6.28. The van der Waals surface area contributed by atoms with Gasteiger partial charge in [-0.25, -0.2) is 0 Å². The molecule has 4 nitrogen and oxygen atoms in total. The monoisotopic (exact) mass is 334 g/mol. The van der Waals surface area contributed by atoms with Gasteiger partial charge in [0.1, 0.15) is 5.69 Å². The Bertz CT molecular complexity index is 931. The molecule has 25 heavy (non-hydrogen) atoms. The van der Waals surface area contributed by atoms with Crippen molar-refractivity contribution in [1.29, 1.82) is 0 Å². The highest BCUT2D eigenvalue weighted by atomic mass is 16.2. The number of aromatic amines is 1. The fraction of sp³-hybridized carbons (Fsp3) is 0.238. The molecule has 1 amide bonds. The van der Waals surface area contributed by atoms with E-state index in [4.69, 9.17) is 0 Å². The van der Waals surface area contributed by atoms with Crippen LogP contribution in [0.15, 0.2) is 65.5 Å². The number of carbonyl (C=O) groups excluding carboxylic acids is 1. The van der Waals surface area contributed by atoms with Crippen LogP contribution in [0.1, 0.15) is 36.3 Å². The molecule has 1 atom stereocenters. The largest absolute Gasteiger partial charge is 0.330 e. The Hall–Kier alpha value is -2.88. The highest BCUT2D eigenvalue weighted by Gasteiger charge is 2.22. The van der Waals surface area contributed by atoms with Crippen LogP contribution < -0.4 is 5.56 Å². The van der Waals surface area contributed by atoms with Gasteiger partial charge in [0.2, 0.25) is 0 Å². The average molecular weight is 334 g/mol. The van der Waals surface area contributed by atoms with Gasteiger partial charge in [-0.05, 0) is 36.4 Å². The molecule has 4 heteroatoms. The van der Waals surface area contributed by atoms with Crippen molar-refractivity contribution < 1.29 is 4.79 Å². The second kappa shape index (κ2) is 7.34. The lowest BCUT2D eigenvalue weighted by atomic mass is 10.1. The van der Waals surface area contributed by atoms with Crippen molar-refractivity contribution >= 4 is 16.7 Å². The van der Waals surface area contributed by atoms with Crippen LogP contribution in [0.4, 0.5) is 0 Å². The summed E-state index contributed by atoms with van der Waals surface area (Å²) in [4.78, 5) is 30.0. The van der Waals surface area contributed by atoms with Gasteiger partial charge in [-0.3, -0.25) is 9.59 Å². The molecule has 0 saturated carbocycles. The van der Waals surface area contributed by atoms with E-state index >= 15 is 0 Å². The maximum atomic E-state index is 13.1. The first-order valence-corrected chi connectivity index (χ1v) is 8.57. The van der Waals surface area contributed by atoms with E-state index in [-0.39, 0.29) is 17.5 Å². The molecule has 1 unspecified atom stereocenters. The van der Waals surface area contributed by atoms with Crippen molar-refractivity contribution in [2.45, 2.75) is 32.9 Å². The summed E-state index contributed by atoms with van der Waals surface area (Å²) in [7, 11) is 0. The van der Waals surface area contributed by atoms with E-state index in [2.05, 4.69) is 11.9 Å². The van der Waals surface area contributed by atoms with Crippen LogP contribution in [0, 0.1) is 0 Å². The average Bonchev–Trinajstić information content (AvgIpc) is 2.65. The molecule has 1 N–H and O–H groups in total. The van der Waals surface area contributed by atoms with Crippen LogP contribution in [-0.2, 0) is 6.54 Å². The number of hydrogen-bond donors (Lipinski definition) is 1. The highest BCUT2D eigenvalue weighted by Crippen LogP contribution is 2.16. The third-order valence-electron chi connectivity index (χ3n) is 4.56. The van der Waals surface area contributed by atoms with Crippen LogP contribution >= 0.6 is 0 Å². The lowest BCUT2D eigenvalue weighted by Crippen LogP contribution is -2.38.